The van der Waals surface area contributed by atoms with Crippen molar-refractivity contribution in [3.8, 4) is 0 Å². The highest BCUT2D eigenvalue weighted by Gasteiger charge is 2.10. The summed E-state index contributed by atoms with van der Waals surface area (Å²) in [5.41, 5.74) is 2.88. The molecule has 0 aliphatic heterocycles. The summed E-state index contributed by atoms with van der Waals surface area (Å²) < 4.78 is 0. The zero-order chi connectivity index (χ0) is 15.1. The normalized spacial score (nSPS) is 13.0. The molecule has 110 valence electrons. The van der Waals surface area contributed by atoms with Crippen LogP contribution in [0.15, 0.2) is 65.7 Å². The summed E-state index contributed by atoms with van der Waals surface area (Å²) in [4.78, 5) is 4.60. The SMILES string of the molecule is CC(CC(C)CN(O)c1ccccc1)=Nc1ccccc1. The van der Waals surface area contributed by atoms with Crippen LogP contribution in [0.1, 0.15) is 20.3 Å². The third-order valence-electron chi connectivity index (χ3n) is 3.26. The van der Waals surface area contributed by atoms with Crippen LogP contribution in [0.2, 0.25) is 0 Å². The molecule has 0 aliphatic rings. The Morgan fingerprint density at radius 3 is 2.24 bits per heavy atom. The molecule has 2 rings (SSSR count). The lowest BCUT2D eigenvalue weighted by Gasteiger charge is -2.21. The Morgan fingerprint density at radius 2 is 1.62 bits per heavy atom. The maximum atomic E-state index is 10.1. The van der Waals surface area contributed by atoms with Crippen molar-refractivity contribution in [3.05, 3.63) is 60.7 Å². The molecule has 3 heteroatoms. The molecule has 0 spiro atoms. The first-order valence-corrected chi connectivity index (χ1v) is 7.26. The van der Waals surface area contributed by atoms with E-state index in [0.717, 1.165) is 23.5 Å². The van der Waals surface area contributed by atoms with E-state index in [9.17, 15) is 5.21 Å². The Labute approximate surface area is 126 Å². The molecule has 0 saturated heterocycles. The molecule has 0 aliphatic carbocycles. The molecule has 0 bridgehead atoms. The average Bonchev–Trinajstić information content (AvgIpc) is 2.48. The minimum Gasteiger partial charge on any atom is -0.288 e. The van der Waals surface area contributed by atoms with Gasteiger partial charge in [0.15, 0.2) is 0 Å². The number of rotatable bonds is 6. The maximum absolute atomic E-state index is 10.1. The zero-order valence-electron chi connectivity index (χ0n) is 12.6. The maximum Gasteiger partial charge on any atom is 0.0634 e. The number of benzene rings is 2. The van der Waals surface area contributed by atoms with Gasteiger partial charge in [-0.2, -0.15) is 0 Å². The van der Waals surface area contributed by atoms with E-state index in [1.54, 1.807) is 0 Å². The Balaban J connectivity index is 1.89. The summed E-state index contributed by atoms with van der Waals surface area (Å²) >= 11 is 0. The summed E-state index contributed by atoms with van der Waals surface area (Å²) in [6, 6.07) is 19.5. The molecular formula is C18H22N2O. The van der Waals surface area contributed by atoms with Gasteiger partial charge in [0.05, 0.1) is 11.4 Å². The molecule has 0 fully saturated rings. The molecule has 0 heterocycles. The van der Waals surface area contributed by atoms with Gasteiger partial charge >= 0.3 is 0 Å². The number of hydrogen-bond acceptors (Lipinski definition) is 3. The van der Waals surface area contributed by atoms with Gasteiger partial charge < -0.3 is 0 Å². The van der Waals surface area contributed by atoms with Crippen molar-refractivity contribution in [1.82, 2.24) is 0 Å². The van der Waals surface area contributed by atoms with Crippen LogP contribution in [-0.2, 0) is 0 Å². The van der Waals surface area contributed by atoms with Crippen LogP contribution in [0.25, 0.3) is 0 Å². The smallest absolute Gasteiger partial charge is 0.0634 e. The number of nitrogens with zero attached hydrogens (tertiary/aromatic N) is 2. The quantitative estimate of drug-likeness (QED) is 0.615. The van der Waals surface area contributed by atoms with Crippen LogP contribution in [0, 0.1) is 5.92 Å². The van der Waals surface area contributed by atoms with Crippen molar-refractivity contribution < 1.29 is 5.21 Å². The highest BCUT2D eigenvalue weighted by atomic mass is 16.5. The number of aliphatic imine (C=N–C) groups is 1. The van der Waals surface area contributed by atoms with Gasteiger partial charge in [-0.25, -0.2) is 0 Å². The fraction of sp³-hybridized carbons (Fsp3) is 0.278. The number of para-hydroxylation sites is 2. The minimum atomic E-state index is 0.322. The highest BCUT2D eigenvalue weighted by Crippen LogP contribution is 2.16. The van der Waals surface area contributed by atoms with E-state index in [4.69, 9.17) is 0 Å². The van der Waals surface area contributed by atoms with Crippen LogP contribution in [-0.4, -0.2) is 17.5 Å². The Bertz CT molecular complexity index is 566. The fourth-order valence-electron chi connectivity index (χ4n) is 2.34. The van der Waals surface area contributed by atoms with Gasteiger partial charge in [0, 0.05) is 12.3 Å². The predicted octanol–water partition coefficient (Wildman–Crippen LogP) is 4.70. The van der Waals surface area contributed by atoms with Gasteiger partial charge in [0.2, 0.25) is 0 Å². The lowest BCUT2D eigenvalue weighted by atomic mass is 10.0. The van der Waals surface area contributed by atoms with Crippen LogP contribution < -0.4 is 5.06 Å². The van der Waals surface area contributed by atoms with Crippen LogP contribution in [0.4, 0.5) is 11.4 Å². The number of anilines is 1. The van der Waals surface area contributed by atoms with Gasteiger partial charge in [-0.3, -0.25) is 15.3 Å². The molecule has 1 unspecified atom stereocenters. The molecule has 3 nitrogen and oxygen atoms in total. The molecule has 0 amide bonds. The van der Waals surface area contributed by atoms with E-state index < -0.39 is 0 Å². The average molecular weight is 282 g/mol. The predicted molar refractivity (Wildman–Crippen MR) is 88.6 cm³/mol. The van der Waals surface area contributed by atoms with E-state index in [2.05, 4.69) is 11.9 Å². The summed E-state index contributed by atoms with van der Waals surface area (Å²) in [6.45, 7) is 4.75. The van der Waals surface area contributed by atoms with Crippen molar-refractivity contribution in [2.24, 2.45) is 10.9 Å². The first-order valence-electron chi connectivity index (χ1n) is 7.26. The fourth-order valence-corrected chi connectivity index (χ4v) is 2.34. The van der Waals surface area contributed by atoms with Crippen LogP contribution in [0.5, 0.6) is 0 Å². The lowest BCUT2D eigenvalue weighted by Crippen LogP contribution is -2.25. The first-order chi connectivity index (χ1) is 10.1. The van der Waals surface area contributed by atoms with E-state index >= 15 is 0 Å². The number of hydroxylamine groups is 1. The van der Waals surface area contributed by atoms with Crippen molar-refractivity contribution >= 4 is 17.1 Å². The summed E-state index contributed by atoms with van der Waals surface area (Å²) in [6.07, 6.45) is 0.860. The van der Waals surface area contributed by atoms with Crippen molar-refractivity contribution in [3.63, 3.8) is 0 Å². The van der Waals surface area contributed by atoms with E-state index in [-0.39, 0.29) is 0 Å². The Hall–Kier alpha value is -2.13. The summed E-state index contributed by atoms with van der Waals surface area (Å²) in [5, 5.41) is 11.4. The van der Waals surface area contributed by atoms with Gasteiger partial charge in [-0.1, -0.05) is 43.3 Å². The molecule has 2 aromatic rings. The minimum absolute atomic E-state index is 0.322. The van der Waals surface area contributed by atoms with Crippen molar-refractivity contribution in [2.75, 3.05) is 11.6 Å². The standard InChI is InChI=1S/C18H22N2O/c1-15(14-20(21)18-11-7-4-8-12-18)13-16(2)19-17-9-5-3-6-10-17/h3-12,15,21H,13-14H2,1-2H3. The molecular weight excluding hydrogens is 260 g/mol. The molecule has 0 radical (unpaired) electrons. The summed E-state index contributed by atoms with van der Waals surface area (Å²) in [7, 11) is 0. The third-order valence-corrected chi connectivity index (χ3v) is 3.26. The van der Waals surface area contributed by atoms with Gasteiger partial charge in [-0.15, -0.1) is 0 Å². The van der Waals surface area contributed by atoms with E-state index in [1.165, 1.54) is 5.06 Å². The summed E-state index contributed by atoms with van der Waals surface area (Å²) in [5.74, 6) is 0.322. The van der Waals surface area contributed by atoms with E-state index in [1.807, 2.05) is 67.6 Å². The largest absolute Gasteiger partial charge is 0.288 e. The second kappa shape index (κ2) is 7.60. The van der Waals surface area contributed by atoms with Crippen LogP contribution >= 0.6 is 0 Å². The Morgan fingerprint density at radius 1 is 1.05 bits per heavy atom. The topological polar surface area (TPSA) is 35.8 Å². The lowest BCUT2D eigenvalue weighted by molar-refractivity contribution is 0.238. The number of hydrogen-bond donors (Lipinski definition) is 1. The molecule has 21 heavy (non-hydrogen) atoms. The van der Waals surface area contributed by atoms with Crippen molar-refractivity contribution in [2.45, 2.75) is 20.3 Å². The third kappa shape index (κ3) is 5.04. The molecule has 0 saturated carbocycles. The highest BCUT2D eigenvalue weighted by molar-refractivity contribution is 5.84. The zero-order valence-corrected chi connectivity index (χ0v) is 12.6. The molecule has 1 N–H and O–H groups in total. The molecule has 0 aromatic heterocycles. The van der Waals surface area contributed by atoms with Gasteiger partial charge in [0.1, 0.15) is 0 Å². The van der Waals surface area contributed by atoms with Gasteiger partial charge in [0.25, 0.3) is 0 Å². The van der Waals surface area contributed by atoms with Crippen molar-refractivity contribution in [1.29, 1.82) is 0 Å². The first kappa shape index (κ1) is 15.3. The second-order valence-corrected chi connectivity index (χ2v) is 5.41. The Kier molecular flexibility index (Phi) is 5.52. The van der Waals surface area contributed by atoms with Gasteiger partial charge in [-0.05, 0) is 43.5 Å². The second-order valence-electron chi connectivity index (χ2n) is 5.41. The monoisotopic (exact) mass is 282 g/mol. The molecule has 2 aromatic carbocycles. The van der Waals surface area contributed by atoms with Crippen LogP contribution in [0.3, 0.4) is 0 Å². The van der Waals surface area contributed by atoms with E-state index in [0.29, 0.717) is 12.5 Å². The molecule has 1 atom stereocenters.